The van der Waals surface area contributed by atoms with E-state index in [-0.39, 0.29) is 16.9 Å². The Kier molecular flexibility index (Phi) is 6.88. The maximum Gasteiger partial charge on any atom is 0.337 e. The molecule has 2 rings (SSSR count). The summed E-state index contributed by atoms with van der Waals surface area (Å²) in [6.07, 6.45) is 2.85. The highest BCUT2D eigenvalue weighted by Crippen LogP contribution is 2.24. The molecule has 2 N–H and O–H groups in total. The lowest BCUT2D eigenvalue weighted by Gasteiger charge is -2.11. The van der Waals surface area contributed by atoms with E-state index in [4.69, 9.17) is 11.6 Å². The summed E-state index contributed by atoms with van der Waals surface area (Å²) in [7, 11) is 5.22. The number of carbonyl (C=O) groups is 2. The van der Waals surface area contributed by atoms with Crippen molar-refractivity contribution in [2.24, 2.45) is 0 Å². The number of benzene rings is 1. The Hall–Kier alpha value is -2.71. The van der Waals surface area contributed by atoms with Gasteiger partial charge in [-0.15, -0.1) is 0 Å². The van der Waals surface area contributed by atoms with Crippen molar-refractivity contribution < 1.29 is 14.3 Å². The Bertz CT molecular complexity index is 780. The maximum atomic E-state index is 12.3. The third-order valence-corrected chi connectivity index (χ3v) is 3.71. The van der Waals surface area contributed by atoms with E-state index in [1.165, 1.54) is 37.7 Å². The van der Waals surface area contributed by atoms with E-state index in [1.807, 2.05) is 19.0 Å². The number of carbonyl (C=O) groups excluding carboxylic acids is 2. The molecule has 0 spiro atoms. The van der Waals surface area contributed by atoms with Gasteiger partial charge < -0.3 is 20.3 Å². The molecule has 0 aliphatic rings. The fourth-order valence-electron chi connectivity index (χ4n) is 2.00. The summed E-state index contributed by atoms with van der Waals surface area (Å²) in [5, 5.41) is 6.02. The molecule has 0 aliphatic carbocycles. The van der Waals surface area contributed by atoms with E-state index in [1.54, 1.807) is 0 Å². The number of hydrogen-bond donors (Lipinski definition) is 2. The molecule has 0 atom stereocenters. The van der Waals surface area contributed by atoms with Crippen LogP contribution in [0, 0.1) is 0 Å². The molecule has 138 valence electrons. The van der Waals surface area contributed by atoms with Crippen LogP contribution in [0.4, 0.5) is 11.5 Å². The molecular weight excluding hydrogens is 358 g/mol. The molecule has 0 bridgehead atoms. The zero-order valence-electron chi connectivity index (χ0n) is 14.7. The summed E-state index contributed by atoms with van der Waals surface area (Å²) < 4.78 is 4.65. The highest BCUT2D eigenvalue weighted by atomic mass is 35.5. The number of nitrogens with one attached hydrogen (secondary N) is 2. The summed E-state index contributed by atoms with van der Waals surface area (Å²) in [6, 6.07) is 4.46. The number of halogens is 1. The Morgan fingerprint density at radius 2 is 2.00 bits per heavy atom. The van der Waals surface area contributed by atoms with Crippen molar-refractivity contribution in [2.45, 2.75) is 0 Å². The van der Waals surface area contributed by atoms with Crippen LogP contribution in [0.3, 0.4) is 0 Å². The molecule has 1 amide bonds. The van der Waals surface area contributed by atoms with Gasteiger partial charge in [-0.25, -0.2) is 14.8 Å². The number of anilines is 2. The van der Waals surface area contributed by atoms with E-state index in [9.17, 15) is 9.59 Å². The van der Waals surface area contributed by atoms with E-state index in [2.05, 4.69) is 25.3 Å². The minimum Gasteiger partial charge on any atom is -0.465 e. The van der Waals surface area contributed by atoms with E-state index in [0.29, 0.717) is 17.4 Å². The third kappa shape index (κ3) is 5.40. The van der Waals surface area contributed by atoms with Crippen molar-refractivity contribution in [1.29, 1.82) is 0 Å². The first kappa shape index (κ1) is 19.6. The lowest BCUT2D eigenvalue weighted by atomic mass is 10.2. The Labute approximate surface area is 156 Å². The molecule has 0 saturated heterocycles. The van der Waals surface area contributed by atoms with Crippen LogP contribution in [0.2, 0.25) is 5.02 Å². The second kappa shape index (κ2) is 9.12. The molecule has 8 nitrogen and oxygen atoms in total. The zero-order chi connectivity index (χ0) is 19.1. The van der Waals surface area contributed by atoms with Gasteiger partial charge in [-0.05, 0) is 32.3 Å². The van der Waals surface area contributed by atoms with Gasteiger partial charge in [0, 0.05) is 13.1 Å². The summed E-state index contributed by atoms with van der Waals surface area (Å²) in [5.74, 6) is -0.430. The molecule has 1 heterocycles. The fraction of sp³-hybridized carbons (Fsp3) is 0.294. The number of esters is 1. The fourth-order valence-corrected chi connectivity index (χ4v) is 2.16. The normalized spacial score (nSPS) is 10.5. The van der Waals surface area contributed by atoms with Crippen LogP contribution in [-0.4, -0.2) is 61.0 Å². The molecule has 9 heteroatoms. The summed E-state index contributed by atoms with van der Waals surface area (Å²) in [5.41, 5.74) is 0.691. The van der Waals surface area contributed by atoms with Gasteiger partial charge in [-0.2, -0.15) is 0 Å². The molecule has 26 heavy (non-hydrogen) atoms. The molecule has 0 aliphatic heterocycles. The predicted molar refractivity (Wildman–Crippen MR) is 99.8 cm³/mol. The molecular formula is C17H20ClN5O3. The standard InChI is InChI=1S/C17H20ClN5O3/c1-23(2)7-6-19-15-10-20-14(9-21-15)16(24)22-13-8-11(17(25)26-3)4-5-12(13)18/h4-5,8-10H,6-7H2,1-3H3,(H,19,21)(H,22,24). The van der Waals surface area contributed by atoms with Crippen LogP contribution in [0.15, 0.2) is 30.6 Å². The van der Waals surface area contributed by atoms with Crippen LogP contribution in [0.1, 0.15) is 20.8 Å². The highest BCUT2D eigenvalue weighted by molar-refractivity contribution is 6.34. The lowest BCUT2D eigenvalue weighted by molar-refractivity contribution is 0.0600. The molecule has 0 unspecified atom stereocenters. The Morgan fingerprint density at radius 3 is 2.62 bits per heavy atom. The van der Waals surface area contributed by atoms with Crippen LogP contribution >= 0.6 is 11.6 Å². The predicted octanol–water partition coefficient (Wildman–Crippen LogP) is 2.14. The number of nitrogens with zero attached hydrogens (tertiary/aromatic N) is 3. The number of amides is 1. The maximum absolute atomic E-state index is 12.3. The molecule has 1 aromatic carbocycles. The summed E-state index contributed by atoms with van der Waals surface area (Å²) >= 11 is 6.07. The quantitative estimate of drug-likeness (QED) is 0.713. The van der Waals surface area contributed by atoms with Crippen LogP contribution < -0.4 is 10.6 Å². The smallest absolute Gasteiger partial charge is 0.337 e. The van der Waals surface area contributed by atoms with Crippen molar-refractivity contribution in [2.75, 3.05) is 44.9 Å². The SMILES string of the molecule is COC(=O)c1ccc(Cl)c(NC(=O)c2cnc(NCCN(C)C)cn2)c1. The Balaban J connectivity index is 2.04. The largest absolute Gasteiger partial charge is 0.465 e. The first-order chi connectivity index (χ1) is 12.4. The number of rotatable bonds is 7. The zero-order valence-corrected chi connectivity index (χ0v) is 15.5. The van der Waals surface area contributed by atoms with Crippen molar-refractivity contribution in [3.63, 3.8) is 0 Å². The van der Waals surface area contributed by atoms with Gasteiger partial charge in [0.2, 0.25) is 0 Å². The molecule has 0 saturated carbocycles. The van der Waals surface area contributed by atoms with Gasteiger partial charge >= 0.3 is 5.97 Å². The average molecular weight is 378 g/mol. The van der Waals surface area contributed by atoms with Gasteiger partial charge in [0.25, 0.3) is 5.91 Å². The van der Waals surface area contributed by atoms with Gasteiger partial charge in [0.15, 0.2) is 0 Å². The van der Waals surface area contributed by atoms with Crippen LogP contribution in [0.25, 0.3) is 0 Å². The number of methoxy groups -OCH3 is 1. The summed E-state index contributed by atoms with van der Waals surface area (Å²) in [4.78, 5) is 34.2. The minimum atomic E-state index is -0.523. The van der Waals surface area contributed by atoms with E-state index in [0.717, 1.165) is 6.54 Å². The van der Waals surface area contributed by atoms with Crippen LogP contribution in [-0.2, 0) is 4.74 Å². The van der Waals surface area contributed by atoms with Crippen molar-refractivity contribution in [3.05, 3.63) is 46.9 Å². The van der Waals surface area contributed by atoms with Crippen molar-refractivity contribution in [1.82, 2.24) is 14.9 Å². The average Bonchev–Trinajstić information content (AvgIpc) is 2.63. The van der Waals surface area contributed by atoms with Crippen molar-refractivity contribution in [3.8, 4) is 0 Å². The number of aromatic nitrogens is 2. The third-order valence-electron chi connectivity index (χ3n) is 3.39. The second-order valence-electron chi connectivity index (χ2n) is 5.66. The summed E-state index contributed by atoms with van der Waals surface area (Å²) in [6.45, 7) is 1.56. The van der Waals surface area contributed by atoms with Gasteiger partial charge in [0.05, 0.1) is 35.8 Å². The first-order valence-electron chi connectivity index (χ1n) is 7.80. The van der Waals surface area contributed by atoms with E-state index < -0.39 is 11.9 Å². The monoisotopic (exact) mass is 377 g/mol. The Morgan fingerprint density at radius 1 is 1.23 bits per heavy atom. The van der Waals surface area contributed by atoms with Crippen molar-refractivity contribution >= 4 is 35.0 Å². The van der Waals surface area contributed by atoms with Gasteiger partial charge in [0.1, 0.15) is 11.5 Å². The molecule has 2 aromatic rings. The lowest BCUT2D eigenvalue weighted by Crippen LogP contribution is -2.21. The van der Waals surface area contributed by atoms with Crippen LogP contribution in [0.5, 0.6) is 0 Å². The second-order valence-corrected chi connectivity index (χ2v) is 6.06. The number of ether oxygens (including phenoxy) is 1. The van der Waals surface area contributed by atoms with Gasteiger partial charge in [-0.3, -0.25) is 4.79 Å². The number of hydrogen-bond acceptors (Lipinski definition) is 7. The van der Waals surface area contributed by atoms with E-state index >= 15 is 0 Å². The molecule has 0 radical (unpaired) electrons. The molecule has 1 aromatic heterocycles. The topological polar surface area (TPSA) is 96.4 Å². The first-order valence-corrected chi connectivity index (χ1v) is 8.18. The minimum absolute atomic E-state index is 0.127. The van der Waals surface area contributed by atoms with Gasteiger partial charge in [-0.1, -0.05) is 11.6 Å². The highest BCUT2D eigenvalue weighted by Gasteiger charge is 2.13. The number of likely N-dealkylation sites (N-methyl/N-ethyl adjacent to an activating group) is 1. The molecule has 0 fully saturated rings.